The maximum absolute atomic E-state index is 11.9. The van der Waals surface area contributed by atoms with Gasteiger partial charge < -0.3 is 25.9 Å². The lowest BCUT2D eigenvalue weighted by molar-refractivity contribution is -0.119. The van der Waals surface area contributed by atoms with Crippen molar-refractivity contribution in [3.8, 4) is 5.75 Å². The maximum atomic E-state index is 11.9. The van der Waals surface area contributed by atoms with E-state index in [9.17, 15) is 14.7 Å². The minimum Gasteiger partial charge on any atom is -0.482 e. The standard InChI is InChI=1S/C26H31N3O4/c1-3-15-9-17-11-19(12-18(17)10-16(15)4-2)28-13-22(30)20-5-7-23(33-14-24(27)31)26-21(20)6-8-25(32)29-26/h5-10,19,22,28,30H,3-4,11-14H2,1-2H3,(H2,27,31)(H,29,32)/t22-/m1/s1. The molecular formula is C26H31N3O4. The number of aliphatic hydroxyl groups excluding tert-OH is 1. The number of aromatic nitrogens is 1. The third kappa shape index (κ3) is 4.94. The van der Waals surface area contributed by atoms with Crippen molar-refractivity contribution in [3.63, 3.8) is 0 Å². The molecule has 174 valence electrons. The van der Waals surface area contributed by atoms with Crippen LogP contribution >= 0.6 is 0 Å². The Hall–Kier alpha value is -3.16. The van der Waals surface area contributed by atoms with E-state index in [-0.39, 0.29) is 18.2 Å². The Morgan fingerprint density at radius 3 is 2.42 bits per heavy atom. The van der Waals surface area contributed by atoms with E-state index in [4.69, 9.17) is 10.5 Å². The second-order valence-corrected chi connectivity index (χ2v) is 8.65. The van der Waals surface area contributed by atoms with E-state index in [1.807, 2.05) is 0 Å². The molecule has 4 rings (SSSR count). The van der Waals surface area contributed by atoms with Crippen molar-refractivity contribution in [1.82, 2.24) is 10.3 Å². The number of amides is 1. The molecule has 0 spiro atoms. The lowest BCUT2D eigenvalue weighted by atomic mass is 9.97. The molecule has 2 aromatic carbocycles. The van der Waals surface area contributed by atoms with Crippen molar-refractivity contribution in [2.75, 3.05) is 13.2 Å². The number of hydrogen-bond acceptors (Lipinski definition) is 5. The van der Waals surface area contributed by atoms with Crippen molar-refractivity contribution >= 4 is 16.8 Å². The first kappa shape index (κ1) is 23.0. The number of carbonyl (C=O) groups is 1. The number of nitrogens with two attached hydrogens (primary N) is 1. The first-order valence-electron chi connectivity index (χ1n) is 11.5. The molecule has 7 heteroatoms. The quantitative estimate of drug-likeness (QED) is 0.400. The summed E-state index contributed by atoms with van der Waals surface area (Å²) < 4.78 is 5.44. The Balaban J connectivity index is 1.49. The molecule has 1 amide bonds. The fourth-order valence-electron chi connectivity index (χ4n) is 4.77. The summed E-state index contributed by atoms with van der Waals surface area (Å²) in [6.45, 7) is 4.49. The fraction of sp³-hybridized carbons (Fsp3) is 0.385. The number of primary amides is 1. The molecule has 7 nitrogen and oxygen atoms in total. The monoisotopic (exact) mass is 449 g/mol. The number of aromatic amines is 1. The highest BCUT2D eigenvalue weighted by Crippen LogP contribution is 2.31. The zero-order chi connectivity index (χ0) is 23.5. The van der Waals surface area contributed by atoms with E-state index in [0.29, 0.717) is 28.8 Å². The molecule has 0 fully saturated rings. The molecule has 0 radical (unpaired) electrons. The minimum absolute atomic E-state index is 0.274. The van der Waals surface area contributed by atoms with E-state index in [1.165, 1.54) is 28.3 Å². The van der Waals surface area contributed by atoms with Crippen LogP contribution in [0.15, 0.2) is 41.2 Å². The number of pyridine rings is 1. The summed E-state index contributed by atoms with van der Waals surface area (Å²) >= 11 is 0. The van der Waals surface area contributed by atoms with Gasteiger partial charge in [0.25, 0.3) is 5.91 Å². The molecule has 0 saturated heterocycles. The highest BCUT2D eigenvalue weighted by atomic mass is 16.5. The molecule has 0 aliphatic heterocycles. The Morgan fingerprint density at radius 2 is 1.82 bits per heavy atom. The zero-order valence-corrected chi connectivity index (χ0v) is 19.1. The van der Waals surface area contributed by atoms with Crippen LogP contribution in [-0.4, -0.2) is 35.2 Å². The molecule has 1 aliphatic rings. The second kappa shape index (κ2) is 9.77. The number of benzene rings is 2. The maximum Gasteiger partial charge on any atom is 0.255 e. The van der Waals surface area contributed by atoms with Crippen molar-refractivity contribution in [3.05, 3.63) is 74.6 Å². The van der Waals surface area contributed by atoms with Gasteiger partial charge in [-0.05, 0) is 65.6 Å². The van der Waals surface area contributed by atoms with Gasteiger partial charge in [0.2, 0.25) is 5.56 Å². The van der Waals surface area contributed by atoms with E-state index < -0.39 is 12.0 Å². The number of carbonyl (C=O) groups excluding carboxylic acids is 1. The molecule has 3 aromatic rings. The van der Waals surface area contributed by atoms with E-state index in [2.05, 4.69) is 36.3 Å². The van der Waals surface area contributed by atoms with Gasteiger partial charge in [0.05, 0.1) is 11.6 Å². The van der Waals surface area contributed by atoms with Crippen molar-refractivity contribution in [2.24, 2.45) is 5.73 Å². The minimum atomic E-state index is -0.773. The zero-order valence-electron chi connectivity index (χ0n) is 19.1. The topological polar surface area (TPSA) is 117 Å². The molecule has 0 bridgehead atoms. The highest BCUT2D eigenvalue weighted by molar-refractivity contribution is 5.88. The molecule has 33 heavy (non-hydrogen) atoms. The summed E-state index contributed by atoms with van der Waals surface area (Å²) in [5, 5.41) is 15.2. The van der Waals surface area contributed by atoms with Crippen LogP contribution in [0.2, 0.25) is 0 Å². The van der Waals surface area contributed by atoms with E-state index in [1.54, 1.807) is 18.2 Å². The number of ether oxygens (including phenoxy) is 1. The van der Waals surface area contributed by atoms with Crippen LogP contribution in [0.4, 0.5) is 0 Å². The van der Waals surface area contributed by atoms with Crippen molar-refractivity contribution in [2.45, 2.75) is 51.7 Å². The molecule has 1 aliphatic carbocycles. The SMILES string of the molecule is CCc1cc2c(cc1CC)CC(NC[C@@H](O)c1ccc(OCC(N)=O)c3[nH]c(=O)ccc13)C2. The average molecular weight is 450 g/mol. The van der Waals surface area contributed by atoms with Crippen LogP contribution < -0.4 is 21.3 Å². The lowest BCUT2D eigenvalue weighted by Crippen LogP contribution is -2.33. The van der Waals surface area contributed by atoms with E-state index >= 15 is 0 Å². The van der Waals surface area contributed by atoms with Gasteiger partial charge in [-0.3, -0.25) is 9.59 Å². The van der Waals surface area contributed by atoms with Gasteiger partial charge in [-0.15, -0.1) is 0 Å². The number of aliphatic hydroxyl groups is 1. The van der Waals surface area contributed by atoms with Gasteiger partial charge in [0.15, 0.2) is 6.61 Å². The summed E-state index contributed by atoms with van der Waals surface area (Å²) in [7, 11) is 0. The average Bonchev–Trinajstić information content (AvgIpc) is 3.21. The first-order valence-corrected chi connectivity index (χ1v) is 11.5. The number of rotatable bonds is 9. The summed E-state index contributed by atoms with van der Waals surface area (Å²) in [4.78, 5) is 25.7. The third-order valence-electron chi connectivity index (χ3n) is 6.44. The number of nitrogens with one attached hydrogen (secondary N) is 2. The Kier molecular flexibility index (Phi) is 6.81. The Bertz CT molecular complexity index is 1200. The van der Waals surface area contributed by atoms with Gasteiger partial charge in [0, 0.05) is 24.0 Å². The van der Waals surface area contributed by atoms with E-state index in [0.717, 1.165) is 25.7 Å². The molecule has 1 aromatic heterocycles. The van der Waals surface area contributed by atoms with Gasteiger partial charge in [0.1, 0.15) is 5.75 Å². The second-order valence-electron chi connectivity index (χ2n) is 8.65. The first-order chi connectivity index (χ1) is 15.9. The van der Waals surface area contributed by atoms with Crippen LogP contribution in [-0.2, 0) is 30.5 Å². The molecular weight excluding hydrogens is 418 g/mol. The van der Waals surface area contributed by atoms with Crippen molar-refractivity contribution < 1.29 is 14.6 Å². The van der Waals surface area contributed by atoms with Gasteiger partial charge >= 0.3 is 0 Å². The van der Waals surface area contributed by atoms with Crippen LogP contribution in [0.5, 0.6) is 5.75 Å². The Labute approximate surface area is 193 Å². The molecule has 1 atom stereocenters. The van der Waals surface area contributed by atoms with Crippen LogP contribution in [0.1, 0.15) is 47.8 Å². The summed E-state index contributed by atoms with van der Waals surface area (Å²) in [5.74, 6) is -0.264. The summed E-state index contributed by atoms with van der Waals surface area (Å²) in [6.07, 6.45) is 3.22. The number of H-pyrrole nitrogens is 1. The highest BCUT2D eigenvalue weighted by Gasteiger charge is 2.24. The summed E-state index contributed by atoms with van der Waals surface area (Å²) in [6, 6.07) is 11.4. The molecule has 5 N–H and O–H groups in total. The van der Waals surface area contributed by atoms with Gasteiger partial charge in [-0.1, -0.05) is 32.0 Å². The summed E-state index contributed by atoms with van der Waals surface area (Å²) in [5.41, 5.74) is 11.6. The Morgan fingerprint density at radius 1 is 1.15 bits per heavy atom. The normalized spacial score (nSPS) is 14.4. The predicted octanol–water partition coefficient (Wildman–Crippen LogP) is 2.31. The lowest BCUT2D eigenvalue weighted by Gasteiger charge is -2.19. The van der Waals surface area contributed by atoms with Gasteiger partial charge in [-0.2, -0.15) is 0 Å². The smallest absolute Gasteiger partial charge is 0.255 e. The van der Waals surface area contributed by atoms with Crippen LogP contribution in [0.25, 0.3) is 10.9 Å². The third-order valence-corrected chi connectivity index (χ3v) is 6.44. The number of hydrogen-bond donors (Lipinski definition) is 4. The van der Waals surface area contributed by atoms with Gasteiger partial charge in [-0.25, -0.2) is 0 Å². The number of fused-ring (bicyclic) bond motifs is 2. The molecule has 1 heterocycles. The predicted molar refractivity (Wildman–Crippen MR) is 129 cm³/mol. The van der Waals surface area contributed by atoms with Crippen LogP contribution in [0.3, 0.4) is 0 Å². The number of aryl methyl sites for hydroxylation is 2. The van der Waals surface area contributed by atoms with Crippen LogP contribution in [0, 0.1) is 0 Å². The largest absolute Gasteiger partial charge is 0.482 e. The molecule has 0 unspecified atom stereocenters. The molecule has 0 saturated carbocycles. The fourth-order valence-corrected chi connectivity index (χ4v) is 4.77. The van der Waals surface area contributed by atoms with Crippen molar-refractivity contribution in [1.29, 1.82) is 0 Å².